The lowest BCUT2D eigenvalue weighted by Crippen LogP contribution is -2.29. The fourth-order valence-corrected chi connectivity index (χ4v) is 1.78. The first-order chi connectivity index (χ1) is 11.5. The zero-order valence-corrected chi connectivity index (χ0v) is 11.9. The van der Waals surface area contributed by atoms with Gasteiger partial charge in [0.2, 0.25) is 17.6 Å². The summed E-state index contributed by atoms with van der Waals surface area (Å²) in [5.74, 6) is -3.57. The summed E-state index contributed by atoms with van der Waals surface area (Å²) in [5.41, 5.74) is 5.35. The van der Waals surface area contributed by atoms with Gasteiger partial charge in [-0.3, -0.25) is 15.6 Å². The van der Waals surface area contributed by atoms with E-state index in [2.05, 4.69) is 20.8 Å². The standard InChI is InChI=1S/C15H9F3N4O2/c16-10-3-1-8(5-11(10)17)15-20-7-12(24-15)14(23)22-21-9-2-4-13(18)19-6-9/h1-7,21H,(H,22,23). The molecule has 0 aliphatic carbocycles. The van der Waals surface area contributed by atoms with Crippen molar-refractivity contribution >= 4 is 11.6 Å². The number of hydrazine groups is 1. The van der Waals surface area contributed by atoms with Crippen LogP contribution in [0.1, 0.15) is 10.6 Å². The number of amides is 1. The van der Waals surface area contributed by atoms with Gasteiger partial charge in [0.1, 0.15) is 0 Å². The zero-order valence-electron chi connectivity index (χ0n) is 11.9. The lowest BCUT2D eigenvalue weighted by atomic mass is 10.2. The number of aromatic nitrogens is 2. The van der Waals surface area contributed by atoms with Crippen molar-refractivity contribution in [3.05, 3.63) is 66.1 Å². The first kappa shape index (κ1) is 15.5. The second kappa shape index (κ2) is 6.41. The van der Waals surface area contributed by atoms with Crippen molar-refractivity contribution in [1.82, 2.24) is 15.4 Å². The molecule has 0 aliphatic heterocycles. The van der Waals surface area contributed by atoms with Gasteiger partial charge in [0.25, 0.3) is 0 Å². The molecule has 0 radical (unpaired) electrons. The summed E-state index contributed by atoms with van der Waals surface area (Å²) >= 11 is 0. The minimum absolute atomic E-state index is 0.0394. The lowest BCUT2D eigenvalue weighted by Gasteiger charge is -2.05. The fraction of sp³-hybridized carbons (Fsp3) is 0. The molecule has 9 heteroatoms. The Kier molecular flexibility index (Phi) is 4.15. The molecule has 3 aromatic rings. The minimum Gasteiger partial charge on any atom is -0.431 e. The van der Waals surface area contributed by atoms with Gasteiger partial charge >= 0.3 is 5.91 Å². The molecule has 2 N–H and O–H groups in total. The largest absolute Gasteiger partial charge is 0.431 e. The average molecular weight is 334 g/mol. The van der Waals surface area contributed by atoms with E-state index in [1.807, 2.05) is 0 Å². The number of carbonyl (C=O) groups is 1. The molecular weight excluding hydrogens is 325 g/mol. The van der Waals surface area contributed by atoms with Crippen LogP contribution in [0.25, 0.3) is 11.5 Å². The highest BCUT2D eigenvalue weighted by molar-refractivity contribution is 5.92. The maximum absolute atomic E-state index is 13.2. The van der Waals surface area contributed by atoms with Gasteiger partial charge in [-0.1, -0.05) is 0 Å². The molecule has 24 heavy (non-hydrogen) atoms. The van der Waals surface area contributed by atoms with E-state index in [0.29, 0.717) is 5.69 Å². The van der Waals surface area contributed by atoms with E-state index in [1.165, 1.54) is 18.3 Å². The molecule has 0 aliphatic rings. The first-order valence-electron chi connectivity index (χ1n) is 6.62. The Bertz CT molecular complexity index is 881. The highest BCUT2D eigenvalue weighted by Crippen LogP contribution is 2.21. The van der Waals surface area contributed by atoms with Crippen LogP contribution in [-0.2, 0) is 0 Å². The molecule has 0 unspecified atom stereocenters. The lowest BCUT2D eigenvalue weighted by molar-refractivity contribution is 0.0936. The predicted molar refractivity (Wildman–Crippen MR) is 77.1 cm³/mol. The maximum atomic E-state index is 13.2. The van der Waals surface area contributed by atoms with Gasteiger partial charge in [-0.25, -0.2) is 18.7 Å². The molecule has 1 amide bonds. The Morgan fingerprint density at radius 1 is 1.00 bits per heavy atom. The molecule has 0 bridgehead atoms. The molecular formula is C15H9F3N4O2. The van der Waals surface area contributed by atoms with Crippen LogP contribution >= 0.6 is 0 Å². The molecule has 2 aromatic heterocycles. The van der Waals surface area contributed by atoms with Crippen LogP contribution in [0.2, 0.25) is 0 Å². The Balaban J connectivity index is 1.69. The topological polar surface area (TPSA) is 80.0 Å². The average Bonchev–Trinajstić information content (AvgIpc) is 3.07. The molecule has 6 nitrogen and oxygen atoms in total. The van der Waals surface area contributed by atoms with Crippen LogP contribution in [0.5, 0.6) is 0 Å². The van der Waals surface area contributed by atoms with Gasteiger partial charge in [0.15, 0.2) is 11.6 Å². The molecule has 3 rings (SSSR count). The SMILES string of the molecule is O=C(NNc1ccc(F)nc1)c1cnc(-c2ccc(F)c(F)c2)o1. The number of carbonyl (C=O) groups excluding carboxylic acids is 1. The normalized spacial score (nSPS) is 10.5. The number of hydrogen-bond donors (Lipinski definition) is 2. The Morgan fingerprint density at radius 3 is 2.54 bits per heavy atom. The number of oxazole rings is 1. The van der Waals surface area contributed by atoms with Gasteiger partial charge in [-0.15, -0.1) is 0 Å². The van der Waals surface area contributed by atoms with Crippen LogP contribution in [0.4, 0.5) is 18.9 Å². The molecule has 0 spiro atoms. The summed E-state index contributed by atoms with van der Waals surface area (Å²) in [4.78, 5) is 19.2. The van der Waals surface area contributed by atoms with Crippen molar-refractivity contribution in [3.63, 3.8) is 0 Å². The molecule has 2 heterocycles. The molecule has 1 aromatic carbocycles. The minimum atomic E-state index is -1.05. The van der Waals surface area contributed by atoms with E-state index < -0.39 is 23.5 Å². The molecule has 0 fully saturated rings. The smallest absolute Gasteiger partial charge is 0.307 e. The van der Waals surface area contributed by atoms with Crippen molar-refractivity contribution in [2.75, 3.05) is 5.43 Å². The van der Waals surface area contributed by atoms with Crippen LogP contribution in [0, 0.1) is 17.6 Å². The number of halogens is 3. The summed E-state index contributed by atoms with van der Waals surface area (Å²) in [7, 11) is 0. The molecule has 0 atom stereocenters. The number of benzene rings is 1. The second-order valence-corrected chi connectivity index (χ2v) is 4.61. The van der Waals surface area contributed by atoms with E-state index in [0.717, 1.165) is 24.4 Å². The highest BCUT2D eigenvalue weighted by Gasteiger charge is 2.15. The summed E-state index contributed by atoms with van der Waals surface area (Å²) < 4.78 is 44.0. The van der Waals surface area contributed by atoms with Crippen LogP contribution in [-0.4, -0.2) is 15.9 Å². The number of anilines is 1. The van der Waals surface area contributed by atoms with Crippen LogP contribution in [0.3, 0.4) is 0 Å². The number of nitrogens with one attached hydrogen (secondary N) is 2. The number of hydrogen-bond acceptors (Lipinski definition) is 5. The number of pyridine rings is 1. The molecule has 0 saturated carbocycles. The van der Waals surface area contributed by atoms with Crippen molar-refractivity contribution in [3.8, 4) is 11.5 Å². The maximum Gasteiger partial charge on any atom is 0.307 e. The van der Waals surface area contributed by atoms with Gasteiger partial charge in [0, 0.05) is 5.56 Å². The Hall–Kier alpha value is -3.36. The van der Waals surface area contributed by atoms with Crippen molar-refractivity contribution in [1.29, 1.82) is 0 Å². The van der Waals surface area contributed by atoms with Crippen LogP contribution in [0.15, 0.2) is 47.1 Å². The number of rotatable bonds is 4. The molecule has 0 saturated heterocycles. The van der Waals surface area contributed by atoms with Crippen molar-refractivity contribution < 1.29 is 22.4 Å². The number of nitrogens with zero attached hydrogens (tertiary/aromatic N) is 2. The monoisotopic (exact) mass is 334 g/mol. The quantitative estimate of drug-likeness (QED) is 0.566. The van der Waals surface area contributed by atoms with Crippen molar-refractivity contribution in [2.45, 2.75) is 0 Å². The van der Waals surface area contributed by atoms with Gasteiger partial charge < -0.3 is 4.42 Å². The highest BCUT2D eigenvalue weighted by atomic mass is 19.2. The summed E-state index contributed by atoms with van der Waals surface area (Å²) in [5, 5.41) is 0. The predicted octanol–water partition coefficient (Wildman–Crippen LogP) is 2.91. The van der Waals surface area contributed by atoms with Gasteiger partial charge in [-0.2, -0.15) is 4.39 Å². The Labute approximate surface area is 133 Å². The van der Waals surface area contributed by atoms with Gasteiger partial charge in [-0.05, 0) is 30.3 Å². The third-order valence-corrected chi connectivity index (χ3v) is 2.94. The van der Waals surface area contributed by atoms with E-state index >= 15 is 0 Å². The van der Waals surface area contributed by atoms with E-state index in [4.69, 9.17) is 4.42 Å². The van der Waals surface area contributed by atoms with Gasteiger partial charge in [0.05, 0.1) is 18.1 Å². The third kappa shape index (κ3) is 3.35. The van der Waals surface area contributed by atoms with E-state index in [9.17, 15) is 18.0 Å². The summed E-state index contributed by atoms with van der Waals surface area (Å²) in [6.45, 7) is 0. The Morgan fingerprint density at radius 2 is 1.83 bits per heavy atom. The summed E-state index contributed by atoms with van der Waals surface area (Å²) in [6, 6.07) is 5.59. The summed E-state index contributed by atoms with van der Waals surface area (Å²) in [6.07, 6.45) is 2.32. The van der Waals surface area contributed by atoms with Crippen LogP contribution < -0.4 is 10.9 Å². The molecule has 122 valence electrons. The van der Waals surface area contributed by atoms with E-state index in [1.54, 1.807) is 0 Å². The first-order valence-corrected chi connectivity index (χ1v) is 6.62. The van der Waals surface area contributed by atoms with E-state index in [-0.39, 0.29) is 17.2 Å². The zero-order chi connectivity index (χ0) is 17.1. The third-order valence-electron chi connectivity index (χ3n) is 2.94. The van der Waals surface area contributed by atoms with Crippen molar-refractivity contribution in [2.24, 2.45) is 0 Å². The fourth-order valence-electron chi connectivity index (χ4n) is 1.78. The second-order valence-electron chi connectivity index (χ2n) is 4.61.